The molecule has 0 saturated heterocycles. The number of carbonyl (C=O) groups excluding carboxylic acids is 1. The number of amides is 1. The first-order valence-electron chi connectivity index (χ1n) is 6.66. The van der Waals surface area contributed by atoms with Crippen LogP contribution in [0.3, 0.4) is 0 Å². The Bertz CT molecular complexity index is 642. The average Bonchev–Trinajstić information content (AvgIpc) is 2.92. The lowest BCUT2D eigenvalue weighted by atomic mass is 10.2. The maximum atomic E-state index is 11.8. The van der Waals surface area contributed by atoms with E-state index in [-0.39, 0.29) is 13.0 Å². The van der Waals surface area contributed by atoms with Gasteiger partial charge in [-0.05, 0) is 12.5 Å². The highest BCUT2D eigenvalue weighted by Gasteiger charge is 2.20. The summed E-state index contributed by atoms with van der Waals surface area (Å²) >= 11 is 1.35. The van der Waals surface area contributed by atoms with Crippen molar-refractivity contribution >= 4 is 23.4 Å². The predicted molar refractivity (Wildman–Crippen MR) is 81.6 cm³/mol. The minimum atomic E-state index is -1.00. The Hall–Kier alpha value is -2.41. The number of thiazole rings is 1. The lowest BCUT2D eigenvalue weighted by Crippen LogP contribution is -2.30. The number of aryl methyl sites for hydroxylation is 1. The molecule has 0 saturated carbocycles. The molecule has 0 radical (unpaired) electrons. The fourth-order valence-electron chi connectivity index (χ4n) is 1.84. The van der Waals surface area contributed by atoms with Gasteiger partial charge >= 0.3 is 12.1 Å². The van der Waals surface area contributed by atoms with Gasteiger partial charge in [0.05, 0.1) is 17.5 Å². The Kier molecular flexibility index (Phi) is 5.48. The van der Waals surface area contributed by atoms with Crippen molar-refractivity contribution in [1.29, 1.82) is 0 Å². The molecule has 1 atom stereocenters. The number of hydrogen-bond acceptors (Lipinski definition) is 5. The molecule has 1 aromatic carbocycles. The van der Waals surface area contributed by atoms with Crippen LogP contribution in [0.5, 0.6) is 0 Å². The van der Waals surface area contributed by atoms with Crippen LogP contribution in [0.15, 0.2) is 36.5 Å². The number of hydrogen-bond donors (Lipinski definition) is 2. The lowest BCUT2D eigenvalue weighted by molar-refractivity contribution is -0.137. The highest BCUT2D eigenvalue weighted by molar-refractivity contribution is 7.11. The highest BCUT2D eigenvalue weighted by Crippen LogP contribution is 2.23. The van der Waals surface area contributed by atoms with E-state index in [0.717, 1.165) is 10.6 Å². The van der Waals surface area contributed by atoms with Gasteiger partial charge in [0.15, 0.2) is 0 Å². The molecular formula is C15H16N2O4S. The van der Waals surface area contributed by atoms with Crippen LogP contribution in [-0.4, -0.2) is 22.2 Å². The Morgan fingerprint density at radius 3 is 2.68 bits per heavy atom. The summed E-state index contributed by atoms with van der Waals surface area (Å²) in [7, 11) is 0. The molecule has 22 heavy (non-hydrogen) atoms. The van der Waals surface area contributed by atoms with Gasteiger partial charge in [0, 0.05) is 11.1 Å². The van der Waals surface area contributed by atoms with Gasteiger partial charge in [-0.1, -0.05) is 30.3 Å². The maximum Gasteiger partial charge on any atom is 0.407 e. The molecule has 1 amide bonds. The van der Waals surface area contributed by atoms with E-state index in [1.807, 2.05) is 37.3 Å². The normalized spacial score (nSPS) is 11.7. The molecule has 2 N–H and O–H groups in total. The first kappa shape index (κ1) is 16.0. The number of carbonyl (C=O) groups is 2. The summed E-state index contributed by atoms with van der Waals surface area (Å²) in [6, 6.07) is 8.61. The number of benzene rings is 1. The third kappa shape index (κ3) is 4.85. The summed E-state index contributed by atoms with van der Waals surface area (Å²) in [5.41, 5.74) is 0.862. The highest BCUT2D eigenvalue weighted by atomic mass is 32.1. The van der Waals surface area contributed by atoms with E-state index >= 15 is 0 Å². The van der Waals surface area contributed by atoms with E-state index in [9.17, 15) is 9.59 Å². The second kappa shape index (κ2) is 7.56. The summed E-state index contributed by atoms with van der Waals surface area (Å²) in [4.78, 5) is 27.6. The number of carboxylic acids is 1. The van der Waals surface area contributed by atoms with E-state index in [4.69, 9.17) is 9.84 Å². The Labute approximate surface area is 131 Å². The molecule has 0 fully saturated rings. The van der Waals surface area contributed by atoms with Gasteiger partial charge in [-0.15, -0.1) is 11.3 Å². The van der Waals surface area contributed by atoms with Crippen molar-refractivity contribution in [2.24, 2.45) is 0 Å². The Morgan fingerprint density at radius 2 is 2.09 bits per heavy atom. The number of rotatable bonds is 6. The fraction of sp³-hybridized carbons (Fsp3) is 0.267. The number of nitrogens with one attached hydrogen (secondary N) is 1. The molecule has 1 aromatic heterocycles. The third-order valence-corrected chi connectivity index (χ3v) is 3.89. The topological polar surface area (TPSA) is 88.5 Å². The minimum absolute atomic E-state index is 0.133. The van der Waals surface area contributed by atoms with Crippen LogP contribution in [0.2, 0.25) is 0 Å². The second-order valence-corrected chi connectivity index (χ2v) is 5.90. The predicted octanol–water partition coefficient (Wildman–Crippen LogP) is 2.89. The number of ether oxygens (including phenoxy) is 1. The zero-order valence-electron chi connectivity index (χ0n) is 12.0. The lowest BCUT2D eigenvalue weighted by Gasteiger charge is -2.15. The third-order valence-electron chi connectivity index (χ3n) is 2.87. The number of aromatic nitrogens is 1. The first-order chi connectivity index (χ1) is 10.5. The van der Waals surface area contributed by atoms with E-state index in [1.54, 1.807) is 6.20 Å². The SMILES string of the molecule is Cc1ncc([C@H](CC(=O)O)NC(=O)OCc2ccccc2)s1. The average molecular weight is 320 g/mol. The van der Waals surface area contributed by atoms with Crippen LogP contribution in [0.1, 0.15) is 27.9 Å². The largest absolute Gasteiger partial charge is 0.481 e. The van der Waals surface area contributed by atoms with Gasteiger partial charge in [0.1, 0.15) is 6.61 Å². The molecule has 0 unspecified atom stereocenters. The monoisotopic (exact) mass is 320 g/mol. The quantitative estimate of drug-likeness (QED) is 0.854. The van der Waals surface area contributed by atoms with E-state index in [0.29, 0.717) is 4.88 Å². The molecule has 0 bridgehead atoms. The zero-order valence-corrected chi connectivity index (χ0v) is 12.8. The smallest absolute Gasteiger partial charge is 0.407 e. The number of aliphatic carboxylic acids is 1. The van der Waals surface area contributed by atoms with Crippen molar-refractivity contribution in [2.45, 2.75) is 26.0 Å². The van der Waals surface area contributed by atoms with Crippen LogP contribution >= 0.6 is 11.3 Å². The van der Waals surface area contributed by atoms with Crippen LogP contribution in [0.4, 0.5) is 4.79 Å². The zero-order chi connectivity index (χ0) is 15.9. The van der Waals surface area contributed by atoms with Crippen molar-refractivity contribution in [3.05, 3.63) is 52.0 Å². The van der Waals surface area contributed by atoms with Gasteiger partial charge in [0.25, 0.3) is 0 Å². The van der Waals surface area contributed by atoms with Crippen molar-refractivity contribution in [2.75, 3.05) is 0 Å². The molecule has 0 aliphatic heterocycles. The summed E-state index contributed by atoms with van der Waals surface area (Å²) in [5, 5.41) is 12.4. The van der Waals surface area contributed by atoms with Gasteiger partial charge in [-0.25, -0.2) is 9.78 Å². The number of nitrogens with zero attached hydrogens (tertiary/aromatic N) is 1. The molecule has 7 heteroatoms. The molecule has 2 rings (SSSR count). The molecule has 116 valence electrons. The molecule has 6 nitrogen and oxygen atoms in total. The van der Waals surface area contributed by atoms with Crippen LogP contribution in [0.25, 0.3) is 0 Å². The van der Waals surface area contributed by atoms with E-state index in [2.05, 4.69) is 10.3 Å². The van der Waals surface area contributed by atoms with Gasteiger partial charge in [-0.3, -0.25) is 4.79 Å². The number of alkyl carbamates (subject to hydrolysis) is 1. The summed E-state index contributed by atoms with van der Waals surface area (Å²) in [6.07, 6.45) is 0.703. The van der Waals surface area contributed by atoms with Crippen molar-refractivity contribution in [1.82, 2.24) is 10.3 Å². The second-order valence-electron chi connectivity index (χ2n) is 4.64. The summed E-state index contributed by atoms with van der Waals surface area (Å²) in [6.45, 7) is 1.95. The van der Waals surface area contributed by atoms with Gasteiger partial charge in [0.2, 0.25) is 0 Å². The van der Waals surface area contributed by atoms with Crippen molar-refractivity contribution in [3.63, 3.8) is 0 Å². The van der Waals surface area contributed by atoms with Crippen molar-refractivity contribution in [3.8, 4) is 0 Å². The van der Waals surface area contributed by atoms with Crippen LogP contribution in [-0.2, 0) is 16.1 Å². The van der Waals surface area contributed by atoms with Crippen molar-refractivity contribution < 1.29 is 19.4 Å². The summed E-state index contributed by atoms with van der Waals surface area (Å²) in [5.74, 6) is -1.00. The van der Waals surface area contributed by atoms with Crippen LogP contribution < -0.4 is 5.32 Å². The molecule has 0 aliphatic rings. The van der Waals surface area contributed by atoms with Crippen LogP contribution in [0, 0.1) is 6.92 Å². The molecule has 2 aromatic rings. The standard InChI is InChI=1S/C15H16N2O4S/c1-10-16-8-13(22-10)12(7-14(18)19)17-15(20)21-9-11-5-3-2-4-6-11/h2-6,8,12H,7,9H2,1H3,(H,17,20)(H,18,19)/t12-/m0/s1. The first-order valence-corrected chi connectivity index (χ1v) is 7.47. The minimum Gasteiger partial charge on any atom is -0.481 e. The fourth-order valence-corrected chi connectivity index (χ4v) is 2.68. The summed E-state index contributed by atoms with van der Waals surface area (Å²) < 4.78 is 5.11. The Balaban J connectivity index is 1.94. The Morgan fingerprint density at radius 1 is 1.36 bits per heavy atom. The molecular weight excluding hydrogens is 304 g/mol. The van der Waals surface area contributed by atoms with E-state index in [1.165, 1.54) is 11.3 Å². The van der Waals surface area contributed by atoms with Gasteiger partial charge < -0.3 is 15.2 Å². The van der Waals surface area contributed by atoms with E-state index < -0.39 is 18.1 Å². The number of carboxylic acid groups (broad SMARTS) is 1. The maximum absolute atomic E-state index is 11.8. The van der Waals surface area contributed by atoms with Gasteiger partial charge in [-0.2, -0.15) is 0 Å². The molecule has 0 aliphatic carbocycles. The molecule has 0 spiro atoms. The molecule has 1 heterocycles.